The average molecular weight is 264 g/mol. The minimum Gasteiger partial charge on any atom is -0.481 e. The van der Waals surface area contributed by atoms with Crippen molar-refractivity contribution in [3.8, 4) is 5.75 Å². The van der Waals surface area contributed by atoms with Crippen molar-refractivity contribution in [2.45, 2.75) is 45.9 Å². The number of hydrogen-bond donors (Lipinski definition) is 2. The van der Waals surface area contributed by atoms with Crippen molar-refractivity contribution in [1.82, 2.24) is 10.6 Å². The van der Waals surface area contributed by atoms with Gasteiger partial charge in [-0.25, -0.2) is 0 Å². The lowest BCUT2D eigenvalue weighted by molar-refractivity contribution is -0.127. The zero-order valence-corrected chi connectivity index (χ0v) is 12.4. The molecule has 1 amide bonds. The van der Waals surface area contributed by atoms with Crippen molar-refractivity contribution in [3.05, 3.63) is 29.8 Å². The fourth-order valence-electron chi connectivity index (χ4n) is 1.68. The van der Waals surface area contributed by atoms with Crippen LogP contribution in [0.25, 0.3) is 0 Å². The maximum atomic E-state index is 11.8. The molecule has 2 unspecified atom stereocenters. The molecule has 0 spiro atoms. The molecule has 0 radical (unpaired) electrons. The maximum Gasteiger partial charge on any atom is 0.260 e. The molecule has 0 heterocycles. The van der Waals surface area contributed by atoms with E-state index in [2.05, 4.69) is 17.6 Å². The van der Waals surface area contributed by atoms with Crippen molar-refractivity contribution >= 4 is 5.91 Å². The second-order valence-electron chi connectivity index (χ2n) is 5.01. The fourth-order valence-corrected chi connectivity index (χ4v) is 1.68. The lowest BCUT2D eigenvalue weighted by Gasteiger charge is -2.18. The Labute approximate surface area is 115 Å². The van der Waals surface area contributed by atoms with E-state index in [-0.39, 0.29) is 18.0 Å². The molecule has 0 saturated heterocycles. The number of rotatable bonds is 6. The van der Waals surface area contributed by atoms with Crippen LogP contribution < -0.4 is 15.4 Å². The van der Waals surface area contributed by atoms with E-state index in [0.717, 1.165) is 5.56 Å². The van der Waals surface area contributed by atoms with Gasteiger partial charge >= 0.3 is 0 Å². The Hall–Kier alpha value is -1.55. The number of amides is 1. The molecule has 0 aliphatic rings. The quantitative estimate of drug-likeness (QED) is 0.828. The first-order chi connectivity index (χ1) is 8.93. The molecule has 1 rings (SSSR count). The number of carbonyl (C=O) groups excluding carboxylic acids is 1. The van der Waals surface area contributed by atoms with E-state index in [1.54, 1.807) is 6.92 Å². The van der Waals surface area contributed by atoms with Crippen LogP contribution >= 0.6 is 0 Å². The van der Waals surface area contributed by atoms with Crippen molar-refractivity contribution in [2.24, 2.45) is 0 Å². The topological polar surface area (TPSA) is 50.4 Å². The van der Waals surface area contributed by atoms with Gasteiger partial charge in [-0.15, -0.1) is 0 Å². The van der Waals surface area contributed by atoms with Crippen molar-refractivity contribution in [3.63, 3.8) is 0 Å². The number of carbonyl (C=O) groups is 1. The van der Waals surface area contributed by atoms with E-state index in [1.165, 1.54) is 0 Å². The first-order valence-corrected chi connectivity index (χ1v) is 6.68. The molecule has 0 saturated carbocycles. The standard InChI is InChI=1S/C15H24N2O2/c1-10(2)17-15(18)12(4)19-14-8-6-7-13(9-14)11(3)16-5/h6-12,16H,1-5H3,(H,17,18). The summed E-state index contributed by atoms with van der Waals surface area (Å²) < 4.78 is 5.67. The van der Waals surface area contributed by atoms with E-state index >= 15 is 0 Å². The van der Waals surface area contributed by atoms with Crippen molar-refractivity contribution < 1.29 is 9.53 Å². The van der Waals surface area contributed by atoms with Crippen LogP contribution in [0.5, 0.6) is 5.75 Å². The Kier molecular flexibility index (Phi) is 5.83. The van der Waals surface area contributed by atoms with Crippen LogP contribution in [0, 0.1) is 0 Å². The zero-order chi connectivity index (χ0) is 14.4. The van der Waals surface area contributed by atoms with Gasteiger partial charge in [0.25, 0.3) is 5.91 Å². The smallest absolute Gasteiger partial charge is 0.260 e. The highest BCUT2D eigenvalue weighted by molar-refractivity contribution is 5.80. The van der Waals surface area contributed by atoms with Crippen molar-refractivity contribution in [2.75, 3.05) is 7.05 Å². The van der Waals surface area contributed by atoms with Crippen LogP contribution in [-0.4, -0.2) is 25.1 Å². The average Bonchev–Trinajstić information content (AvgIpc) is 2.37. The van der Waals surface area contributed by atoms with Crippen LogP contribution in [0.15, 0.2) is 24.3 Å². The largest absolute Gasteiger partial charge is 0.481 e. The Bertz CT molecular complexity index is 418. The molecule has 0 aliphatic heterocycles. The van der Waals surface area contributed by atoms with Gasteiger partial charge in [-0.2, -0.15) is 0 Å². The Morgan fingerprint density at radius 2 is 1.89 bits per heavy atom. The van der Waals surface area contributed by atoms with Crippen LogP contribution in [0.4, 0.5) is 0 Å². The number of hydrogen-bond acceptors (Lipinski definition) is 3. The van der Waals surface area contributed by atoms with Gasteiger partial charge in [0.1, 0.15) is 5.75 Å². The lowest BCUT2D eigenvalue weighted by Crippen LogP contribution is -2.40. The van der Waals surface area contributed by atoms with Crippen molar-refractivity contribution in [1.29, 1.82) is 0 Å². The molecule has 4 nitrogen and oxygen atoms in total. The molecule has 0 aromatic heterocycles. The molecule has 2 atom stereocenters. The number of benzene rings is 1. The third kappa shape index (κ3) is 4.91. The summed E-state index contributed by atoms with van der Waals surface area (Å²) in [4.78, 5) is 11.8. The summed E-state index contributed by atoms with van der Waals surface area (Å²) in [5.74, 6) is 0.619. The zero-order valence-electron chi connectivity index (χ0n) is 12.4. The molecule has 1 aromatic carbocycles. The first-order valence-electron chi connectivity index (χ1n) is 6.68. The summed E-state index contributed by atoms with van der Waals surface area (Å²) in [6.45, 7) is 7.69. The van der Waals surface area contributed by atoms with E-state index in [1.807, 2.05) is 45.2 Å². The van der Waals surface area contributed by atoms with Gasteiger partial charge in [0.05, 0.1) is 0 Å². The molecule has 4 heteroatoms. The Balaban J connectivity index is 2.69. The van der Waals surface area contributed by atoms with Crippen LogP contribution in [0.3, 0.4) is 0 Å². The lowest BCUT2D eigenvalue weighted by atomic mass is 10.1. The SMILES string of the molecule is CNC(C)c1cccc(OC(C)C(=O)NC(C)C)c1. The molecular weight excluding hydrogens is 240 g/mol. The second-order valence-corrected chi connectivity index (χ2v) is 5.01. The normalized spacial score (nSPS) is 14.0. The molecule has 0 fully saturated rings. The monoisotopic (exact) mass is 264 g/mol. The molecule has 2 N–H and O–H groups in total. The first kappa shape index (κ1) is 15.5. The fraction of sp³-hybridized carbons (Fsp3) is 0.533. The summed E-state index contributed by atoms with van der Waals surface area (Å²) in [7, 11) is 1.91. The molecular formula is C15H24N2O2. The molecule has 19 heavy (non-hydrogen) atoms. The second kappa shape index (κ2) is 7.14. The van der Waals surface area contributed by atoms with Gasteiger partial charge in [0.15, 0.2) is 6.10 Å². The molecule has 0 bridgehead atoms. The molecule has 1 aromatic rings. The maximum absolute atomic E-state index is 11.8. The highest BCUT2D eigenvalue weighted by atomic mass is 16.5. The van der Waals surface area contributed by atoms with E-state index in [9.17, 15) is 4.79 Å². The predicted molar refractivity (Wildman–Crippen MR) is 77.3 cm³/mol. The third-order valence-corrected chi connectivity index (χ3v) is 2.90. The summed E-state index contributed by atoms with van der Waals surface area (Å²) >= 11 is 0. The van der Waals surface area contributed by atoms with E-state index in [4.69, 9.17) is 4.74 Å². The van der Waals surface area contributed by atoms with Gasteiger partial charge in [0.2, 0.25) is 0 Å². The molecule has 0 aliphatic carbocycles. The van der Waals surface area contributed by atoms with Crippen LogP contribution in [-0.2, 0) is 4.79 Å². The Morgan fingerprint density at radius 1 is 1.21 bits per heavy atom. The van der Waals surface area contributed by atoms with Gasteiger partial charge in [-0.3, -0.25) is 4.79 Å². The predicted octanol–water partition coefficient (Wildman–Crippen LogP) is 2.26. The third-order valence-electron chi connectivity index (χ3n) is 2.90. The summed E-state index contributed by atoms with van der Waals surface area (Å²) in [5, 5.41) is 6.01. The van der Waals surface area contributed by atoms with Crippen LogP contribution in [0.1, 0.15) is 39.3 Å². The van der Waals surface area contributed by atoms with Crippen LogP contribution in [0.2, 0.25) is 0 Å². The van der Waals surface area contributed by atoms with Gasteiger partial charge < -0.3 is 15.4 Å². The Morgan fingerprint density at radius 3 is 2.47 bits per heavy atom. The van der Waals surface area contributed by atoms with Gasteiger partial charge in [0, 0.05) is 12.1 Å². The van der Waals surface area contributed by atoms with E-state index in [0.29, 0.717) is 5.75 Å². The van der Waals surface area contributed by atoms with E-state index < -0.39 is 6.10 Å². The molecule has 106 valence electrons. The summed E-state index contributed by atoms with van der Waals surface area (Å²) in [6.07, 6.45) is -0.498. The highest BCUT2D eigenvalue weighted by Gasteiger charge is 2.15. The summed E-state index contributed by atoms with van der Waals surface area (Å²) in [6, 6.07) is 8.17. The summed E-state index contributed by atoms with van der Waals surface area (Å²) in [5.41, 5.74) is 1.14. The number of nitrogens with one attached hydrogen (secondary N) is 2. The van der Waals surface area contributed by atoms with Gasteiger partial charge in [-0.1, -0.05) is 12.1 Å². The highest BCUT2D eigenvalue weighted by Crippen LogP contribution is 2.19. The minimum atomic E-state index is -0.498. The number of ether oxygens (including phenoxy) is 1. The van der Waals surface area contributed by atoms with Gasteiger partial charge in [-0.05, 0) is 52.4 Å². The minimum absolute atomic E-state index is 0.0953.